The van der Waals surface area contributed by atoms with E-state index in [2.05, 4.69) is 31.3 Å². The van der Waals surface area contributed by atoms with Crippen LogP contribution in [0.3, 0.4) is 0 Å². The average Bonchev–Trinajstić information content (AvgIpc) is 2.81. The maximum absolute atomic E-state index is 5.18. The maximum atomic E-state index is 5.18. The topological polar surface area (TPSA) is 34.2 Å². The number of rotatable bonds is 5. The first kappa shape index (κ1) is 14.0. The lowest BCUT2D eigenvalue weighted by Gasteiger charge is -2.06. The SMILES string of the molecule is CNCC(C)c1nc(-c2ccc(OC)cc2)c(C)s1. The number of benzene rings is 1. The van der Waals surface area contributed by atoms with Crippen LogP contribution < -0.4 is 10.1 Å². The molecule has 2 aromatic rings. The summed E-state index contributed by atoms with van der Waals surface area (Å²) < 4.78 is 5.18. The first-order valence-electron chi connectivity index (χ1n) is 6.42. The van der Waals surface area contributed by atoms with Gasteiger partial charge in [-0.1, -0.05) is 6.92 Å². The molecule has 1 atom stereocenters. The van der Waals surface area contributed by atoms with E-state index in [0.29, 0.717) is 5.92 Å². The highest BCUT2D eigenvalue weighted by atomic mass is 32.1. The first-order chi connectivity index (χ1) is 9.15. The van der Waals surface area contributed by atoms with Crippen molar-refractivity contribution in [3.63, 3.8) is 0 Å². The van der Waals surface area contributed by atoms with Crippen LogP contribution in [0.2, 0.25) is 0 Å². The molecular formula is C15H20N2OS. The van der Waals surface area contributed by atoms with Crippen LogP contribution in [-0.4, -0.2) is 25.7 Å². The largest absolute Gasteiger partial charge is 0.497 e. The summed E-state index contributed by atoms with van der Waals surface area (Å²) in [6.45, 7) is 5.29. The Labute approximate surface area is 118 Å². The normalized spacial score (nSPS) is 12.4. The summed E-state index contributed by atoms with van der Waals surface area (Å²) in [6, 6.07) is 8.08. The predicted octanol–water partition coefficient (Wildman–Crippen LogP) is 3.45. The Bertz CT molecular complexity index is 534. The van der Waals surface area contributed by atoms with E-state index in [1.54, 1.807) is 18.4 Å². The Hall–Kier alpha value is -1.39. The minimum absolute atomic E-state index is 0.445. The fourth-order valence-electron chi connectivity index (χ4n) is 2.04. The van der Waals surface area contributed by atoms with Gasteiger partial charge in [-0.2, -0.15) is 0 Å². The van der Waals surface area contributed by atoms with Crippen molar-refractivity contribution in [1.29, 1.82) is 0 Å². The molecule has 3 nitrogen and oxygen atoms in total. The number of thiazole rings is 1. The molecule has 2 rings (SSSR count). The van der Waals surface area contributed by atoms with Gasteiger partial charge in [0.2, 0.25) is 0 Å². The molecule has 4 heteroatoms. The Morgan fingerprint density at radius 3 is 2.58 bits per heavy atom. The number of aryl methyl sites for hydroxylation is 1. The summed E-state index contributed by atoms with van der Waals surface area (Å²) >= 11 is 1.78. The molecule has 0 bridgehead atoms. The van der Waals surface area contributed by atoms with Gasteiger partial charge in [0.15, 0.2) is 0 Å². The van der Waals surface area contributed by atoms with Crippen molar-refractivity contribution in [2.45, 2.75) is 19.8 Å². The zero-order valence-corrected chi connectivity index (χ0v) is 12.7. The van der Waals surface area contributed by atoms with Crippen molar-refractivity contribution in [3.8, 4) is 17.0 Å². The van der Waals surface area contributed by atoms with Gasteiger partial charge in [-0.15, -0.1) is 11.3 Å². The van der Waals surface area contributed by atoms with E-state index >= 15 is 0 Å². The van der Waals surface area contributed by atoms with Crippen molar-refractivity contribution < 1.29 is 4.74 Å². The van der Waals surface area contributed by atoms with Gasteiger partial charge >= 0.3 is 0 Å². The van der Waals surface area contributed by atoms with Crippen molar-refractivity contribution in [2.75, 3.05) is 20.7 Å². The Balaban J connectivity index is 2.28. The van der Waals surface area contributed by atoms with E-state index in [1.807, 2.05) is 19.2 Å². The van der Waals surface area contributed by atoms with E-state index in [0.717, 1.165) is 23.6 Å². The highest BCUT2D eigenvalue weighted by Gasteiger charge is 2.14. The molecule has 1 aromatic heterocycles. The fourth-order valence-corrected chi connectivity index (χ4v) is 3.03. The van der Waals surface area contributed by atoms with E-state index < -0.39 is 0 Å². The molecule has 1 heterocycles. The third-order valence-corrected chi connectivity index (χ3v) is 4.31. The number of aromatic nitrogens is 1. The Morgan fingerprint density at radius 1 is 1.32 bits per heavy atom. The van der Waals surface area contributed by atoms with Gasteiger partial charge < -0.3 is 10.1 Å². The summed E-state index contributed by atoms with van der Waals surface area (Å²) in [6.07, 6.45) is 0. The van der Waals surface area contributed by atoms with Crippen LogP contribution in [0.15, 0.2) is 24.3 Å². The number of ether oxygens (including phenoxy) is 1. The molecule has 19 heavy (non-hydrogen) atoms. The molecule has 0 spiro atoms. The van der Waals surface area contributed by atoms with Crippen molar-refractivity contribution in [3.05, 3.63) is 34.2 Å². The molecule has 0 amide bonds. The third-order valence-electron chi connectivity index (χ3n) is 3.11. The predicted molar refractivity (Wildman–Crippen MR) is 81.2 cm³/mol. The summed E-state index contributed by atoms with van der Waals surface area (Å²) in [4.78, 5) is 6.06. The van der Waals surface area contributed by atoms with E-state index in [-0.39, 0.29) is 0 Å². The molecule has 1 unspecified atom stereocenters. The Kier molecular flexibility index (Phi) is 4.56. The number of likely N-dealkylation sites (N-methyl/N-ethyl adjacent to an activating group) is 1. The molecule has 0 aliphatic carbocycles. The molecule has 0 aliphatic heterocycles. The second kappa shape index (κ2) is 6.17. The molecule has 0 saturated carbocycles. The summed E-state index contributed by atoms with van der Waals surface area (Å²) in [5.74, 6) is 1.32. The van der Waals surface area contributed by atoms with Crippen LogP contribution in [0.1, 0.15) is 22.7 Å². The zero-order chi connectivity index (χ0) is 13.8. The minimum Gasteiger partial charge on any atom is -0.497 e. The number of nitrogens with zero attached hydrogens (tertiary/aromatic N) is 1. The molecule has 0 aliphatic rings. The molecule has 0 saturated heterocycles. The molecule has 0 fully saturated rings. The number of nitrogens with one attached hydrogen (secondary N) is 1. The second-order valence-corrected chi connectivity index (χ2v) is 5.88. The van der Waals surface area contributed by atoms with E-state index in [9.17, 15) is 0 Å². The van der Waals surface area contributed by atoms with Crippen LogP contribution in [0, 0.1) is 6.92 Å². The van der Waals surface area contributed by atoms with E-state index in [1.165, 1.54) is 9.88 Å². The van der Waals surface area contributed by atoms with Crippen molar-refractivity contribution in [1.82, 2.24) is 10.3 Å². The van der Waals surface area contributed by atoms with Crippen LogP contribution in [-0.2, 0) is 0 Å². The smallest absolute Gasteiger partial charge is 0.118 e. The lowest BCUT2D eigenvalue weighted by atomic mass is 10.1. The lowest BCUT2D eigenvalue weighted by molar-refractivity contribution is 0.415. The summed E-state index contributed by atoms with van der Waals surface area (Å²) in [5, 5.41) is 4.39. The monoisotopic (exact) mass is 276 g/mol. The zero-order valence-electron chi connectivity index (χ0n) is 11.9. The van der Waals surface area contributed by atoms with Gasteiger partial charge in [-0.25, -0.2) is 4.98 Å². The lowest BCUT2D eigenvalue weighted by Crippen LogP contribution is -2.14. The highest BCUT2D eigenvalue weighted by Crippen LogP contribution is 2.31. The van der Waals surface area contributed by atoms with Crippen LogP contribution in [0.5, 0.6) is 5.75 Å². The van der Waals surface area contributed by atoms with Gasteiger partial charge in [0.1, 0.15) is 5.75 Å². The molecule has 0 radical (unpaired) electrons. The summed E-state index contributed by atoms with van der Waals surface area (Å²) in [5.41, 5.74) is 2.24. The minimum atomic E-state index is 0.445. The average molecular weight is 276 g/mol. The second-order valence-electron chi connectivity index (χ2n) is 4.64. The number of hydrogen-bond acceptors (Lipinski definition) is 4. The highest BCUT2D eigenvalue weighted by molar-refractivity contribution is 7.12. The quantitative estimate of drug-likeness (QED) is 0.908. The van der Waals surface area contributed by atoms with Crippen molar-refractivity contribution in [2.24, 2.45) is 0 Å². The van der Waals surface area contributed by atoms with Gasteiger partial charge in [-0.3, -0.25) is 0 Å². The van der Waals surface area contributed by atoms with Gasteiger partial charge in [0, 0.05) is 22.9 Å². The standard InChI is InChI=1S/C15H20N2OS/c1-10(9-16-3)15-17-14(11(2)19-15)12-5-7-13(18-4)8-6-12/h5-8,10,16H,9H2,1-4H3. The molecular weight excluding hydrogens is 256 g/mol. The van der Waals surface area contributed by atoms with Gasteiger partial charge in [-0.05, 0) is 38.2 Å². The Morgan fingerprint density at radius 2 is 2.00 bits per heavy atom. The maximum Gasteiger partial charge on any atom is 0.118 e. The van der Waals surface area contributed by atoms with Gasteiger partial charge in [0.25, 0.3) is 0 Å². The van der Waals surface area contributed by atoms with Gasteiger partial charge in [0.05, 0.1) is 17.8 Å². The third kappa shape index (κ3) is 3.14. The number of methoxy groups -OCH3 is 1. The fraction of sp³-hybridized carbons (Fsp3) is 0.400. The van der Waals surface area contributed by atoms with Crippen LogP contribution in [0.4, 0.5) is 0 Å². The summed E-state index contributed by atoms with van der Waals surface area (Å²) in [7, 11) is 3.65. The number of hydrogen-bond donors (Lipinski definition) is 1. The molecule has 1 N–H and O–H groups in total. The van der Waals surface area contributed by atoms with Crippen molar-refractivity contribution >= 4 is 11.3 Å². The van der Waals surface area contributed by atoms with Crippen LogP contribution >= 0.6 is 11.3 Å². The van der Waals surface area contributed by atoms with Crippen LogP contribution in [0.25, 0.3) is 11.3 Å². The van der Waals surface area contributed by atoms with E-state index in [4.69, 9.17) is 9.72 Å². The molecule has 1 aromatic carbocycles. The first-order valence-corrected chi connectivity index (χ1v) is 7.23. The molecule has 102 valence electrons.